The molecule has 4 heterocycles. The molecule has 1 N–H and O–H groups in total. The summed E-state index contributed by atoms with van der Waals surface area (Å²) in [7, 11) is 0. The quantitative estimate of drug-likeness (QED) is 0.764. The normalized spacial score (nSPS) is 21.0. The van der Waals surface area contributed by atoms with E-state index in [9.17, 15) is 0 Å². The minimum atomic E-state index is 0.655. The van der Waals surface area contributed by atoms with E-state index in [1.807, 2.05) is 13.0 Å². The van der Waals surface area contributed by atoms with Crippen LogP contribution in [0.5, 0.6) is 0 Å². The van der Waals surface area contributed by atoms with Gasteiger partial charge in [-0.1, -0.05) is 0 Å². The first kappa shape index (κ1) is 21.4. The molecule has 3 aliphatic heterocycles. The van der Waals surface area contributed by atoms with Crippen LogP contribution in [0.4, 0.5) is 23.1 Å². The third-order valence-corrected chi connectivity index (χ3v) is 6.67. The Labute approximate surface area is 190 Å². The molecule has 172 valence electrons. The lowest BCUT2D eigenvalue weighted by molar-refractivity contribution is 0.0114. The molecule has 8 nitrogen and oxygen atoms in total. The maximum atomic E-state index is 5.51. The van der Waals surface area contributed by atoms with Gasteiger partial charge in [0.25, 0.3) is 0 Å². The van der Waals surface area contributed by atoms with Gasteiger partial charge >= 0.3 is 0 Å². The molecule has 0 amide bonds. The number of anilines is 4. The Kier molecular flexibility index (Phi) is 6.71. The molecular formula is C24H34N6O2. The molecule has 5 rings (SSSR count). The molecule has 32 heavy (non-hydrogen) atoms. The summed E-state index contributed by atoms with van der Waals surface area (Å²) in [6.45, 7) is 11.4. The van der Waals surface area contributed by atoms with Crippen LogP contribution in [0.25, 0.3) is 0 Å². The Morgan fingerprint density at radius 1 is 0.812 bits per heavy atom. The lowest BCUT2D eigenvalue weighted by Gasteiger charge is -2.40. The van der Waals surface area contributed by atoms with Crippen molar-refractivity contribution >= 4 is 23.1 Å². The third kappa shape index (κ3) is 5.14. The van der Waals surface area contributed by atoms with Crippen molar-refractivity contribution in [2.45, 2.75) is 25.8 Å². The summed E-state index contributed by atoms with van der Waals surface area (Å²) in [6.07, 6.45) is 2.31. The van der Waals surface area contributed by atoms with Gasteiger partial charge in [0, 0.05) is 68.4 Å². The van der Waals surface area contributed by atoms with Crippen molar-refractivity contribution in [2.24, 2.45) is 0 Å². The molecule has 8 heteroatoms. The van der Waals surface area contributed by atoms with Crippen molar-refractivity contribution in [1.29, 1.82) is 0 Å². The summed E-state index contributed by atoms with van der Waals surface area (Å²) in [5, 5.41) is 3.47. The standard InChI is InChI=1S/C24H34N6O2/c1-19-18-23(26-20-2-4-21(5-3-20)28-10-14-31-15-11-28)27-24(25-19)30-8-6-22(7-9-30)29-12-16-32-17-13-29/h2-5,18,22H,6-17H2,1H3,(H,25,26,27). The maximum Gasteiger partial charge on any atom is 0.227 e. The van der Waals surface area contributed by atoms with E-state index >= 15 is 0 Å². The van der Waals surface area contributed by atoms with Gasteiger partial charge in [0.2, 0.25) is 5.95 Å². The zero-order valence-electron chi connectivity index (χ0n) is 19.0. The SMILES string of the molecule is Cc1cc(Nc2ccc(N3CCOCC3)cc2)nc(N2CCC(N3CCOCC3)CC2)n1. The van der Waals surface area contributed by atoms with E-state index in [-0.39, 0.29) is 0 Å². The smallest absolute Gasteiger partial charge is 0.227 e. The first-order chi connectivity index (χ1) is 15.7. The van der Waals surface area contributed by atoms with Crippen molar-refractivity contribution in [3.63, 3.8) is 0 Å². The number of nitrogens with one attached hydrogen (secondary N) is 1. The van der Waals surface area contributed by atoms with Gasteiger partial charge in [0.1, 0.15) is 5.82 Å². The van der Waals surface area contributed by atoms with Crippen molar-refractivity contribution in [3.8, 4) is 0 Å². The Balaban J connectivity index is 1.21. The van der Waals surface area contributed by atoms with Crippen LogP contribution in [-0.4, -0.2) is 86.6 Å². The molecule has 1 aromatic heterocycles. The number of aromatic nitrogens is 2. The van der Waals surface area contributed by atoms with Gasteiger partial charge in [-0.15, -0.1) is 0 Å². The number of morpholine rings is 2. The molecule has 0 spiro atoms. The van der Waals surface area contributed by atoms with Crippen LogP contribution in [0.2, 0.25) is 0 Å². The van der Waals surface area contributed by atoms with Crippen molar-refractivity contribution in [2.75, 3.05) is 80.8 Å². The molecule has 3 fully saturated rings. The highest BCUT2D eigenvalue weighted by Crippen LogP contribution is 2.25. The number of piperidine rings is 1. The van der Waals surface area contributed by atoms with Gasteiger partial charge in [0.15, 0.2) is 0 Å². The monoisotopic (exact) mass is 438 g/mol. The number of nitrogens with zero attached hydrogens (tertiary/aromatic N) is 5. The predicted molar refractivity (Wildman–Crippen MR) is 127 cm³/mol. The summed E-state index contributed by atoms with van der Waals surface area (Å²) in [5.41, 5.74) is 3.26. The summed E-state index contributed by atoms with van der Waals surface area (Å²) >= 11 is 0. The Hall–Kier alpha value is -2.42. The topological polar surface area (TPSA) is 66.0 Å². The van der Waals surface area contributed by atoms with E-state index in [1.54, 1.807) is 0 Å². The molecule has 0 radical (unpaired) electrons. The van der Waals surface area contributed by atoms with Crippen LogP contribution < -0.4 is 15.1 Å². The van der Waals surface area contributed by atoms with Gasteiger partial charge in [-0.2, -0.15) is 4.98 Å². The molecule has 0 bridgehead atoms. The van der Waals surface area contributed by atoms with Crippen molar-refractivity contribution in [3.05, 3.63) is 36.0 Å². The second-order valence-electron chi connectivity index (χ2n) is 8.83. The van der Waals surface area contributed by atoms with E-state index in [0.717, 1.165) is 102 Å². The lowest BCUT2D eigenvalue weighted by Crippen LogP contribution is -2.49. The van der Waals surface area contributed by atoms with Crippen molar-refractivity contribution in [1.82, 2.24) is 14.9 Å². The fourth-order valence-electron chi connectivity index (χ4n) is 4.86. The number of ether oxygens (including phenoxy) is 2. The highest BCUT2D eigenvalue weighted by atomic mass is 16.5. The molecule has 3 aliphatic rings. The molecule has 2 aromatic rings. The molecule has 1 aromatic carbocycles. The van der Waals surface area contributed by atoms with Crippen LogP contribution in [0.15, 0.2) is 30.3 Å². The summed E-state index contributed by atoms with van der Waals surface area (Å²) in [5.74, 6) is 1.68. The van der Waals surface area contributed by atoms with Crippen molar-refractivity contribution < 1.29 is 9.47 Å². The van der Waals surface area contributed by atoms with Gasteiger partial charge < -0.3 is 24.6 Å². The number of aryl methyl sites for hydroxylation is 1. The highest BCUT2D eigenvalue weighted by Gasteiger charge is 2.27. The van der Waals surface area contributed by atoms with Gasteiger partial charge in [-0.25, -0.2) is 4.98 Å². The van der Waals surface area contributed by atoms with Crippen LogP contribution in [0.1, 0.15) is 18.5 Å². The minimum Gasteiger partial charge on any atom is -0.379 e. The average Bonchev–Trinajstić information content (AvgIpc) is 2.85. The molecule has 0 saturated carbocycles. The predicted octanol–water partition coefficient (Wildman–Crippen LogP) is 2.67. The summed E-state index contributed by atoms with van der Waals surface area (Å²) < 4.78 is 11.0. The molecule has 0 atom stereocenters. The Morgan fingerprint density at radius 3 is 2.16 bits per heavy atom. The van der Waals surface area contributed by atoms with Crippen LogP contribution in [-0.2, 0) is 9.47 Å². The number of hydrogen-bond donors (Lipinski definition) is 1. The Bertz CT molecular complexity index is 873. The van der Waals surface area contributed by atoms with E-state index in [0.29, 0.717) is 6.04 Å². The largest absolute Gasteiger partial charge is 0.379 e. The fraction of sp³-hybridized carbons (Fsp3) is 0.583. The second-order valence-corrected chi connectivity index (χ2v) is 8.83. The van der Waals surface area contributed by atoms with Crippen LogP contribution in [0.3, 0.4) is 0 Å². The Morgan fingerprint density at radius 2 is 1.47 bits per heavy atom. The number of hydrogen-bond acceptors (Lipinski definition) is 8. The van der Waals surface area contributed by atoms with E-state index in [4.69, 9.17) is 19.4 Å². The number of rotatable bonds is 5. The zero-order chi connectivity index (χ0) is 21.8. The van der Waals surface area contributed by atoms with E-state index in [1.165, 1.54) is 5.69 Å². The first-order valence-corrected chi connectivity index (χ1v) is 11.9. The van der Waals surface area contributed by atoms with Gasteiger partial charge in [0.05, 0.1) is 26.4 Å². The summed E-state index contributed by atoms with van der Waals surface area (Å²) in [6, 6.07) is 11.2. The molecule has 3 saturated heterocycles. The third-order valence-electron chi connectivity index (χ3n) is 6.67. The van der Waals surface area contributed by atoms with E-state index < -0.39 is 0 Å². The summed E-state index contributed by atoms with van der Waals surface area (Å²) in [4.78, 5) is 16.9. The highest BCUT2D eigenvalue weighted by molar-refractivity contribution is 5.62. The maximum absolute atomic E-state index is 5.51. The average molecular weight is 439 g/mol. The van der Waals surface area contributed by atoms with Crippen LogP contribution in [0, 0.1) is 6.92 Å². The lowest BCUT2D eigenvalue weighted by atomic mass is 10.0. The van der Waals surface area contributed by atoms with E-state index in [2.05, 4.69) is 44.3 Å². The first-order valence-electron chi connectivity index (χ1n) is 11.9. The molecular weight excluding hydrogens is 404 g/mol. The number of benzene rings is 1. The second kappa shape index (κ2) is 10.0. The molecule has 0 unspecified atom stereocenters. The van der Waals surface area contributed by atoms with Gasteiger partial charge in [-0.05, 0) is 44.0 Å². The fourth-order valence-corrected chi connectivity index (χ4v) is 4.86. The molecule has 0 aliphatic carbocycles. The van der Waals surface area contributed by atoms with Crippen LogP contribution >= 0.6 is 0 Å². The zero-order valence-corrected chi connectivity index (χ0v) is 19.0. The minimum absolute atomic E-state index is 0.655. The van der Waals surface area contributed by atoms with Gasteiger partial charge in [-0.3, -0.25) is 4.90 Å².